The average molecular weight is 281 g/mol. The Morgan fingerprint density at radius 1 is 1.25 bits per heavy atom. The number of hydrogen-bond acceptors (Lipinski definition) is 2. The maximum Gasteiger partial charge on any atom is 0.323 e. The molecule has 0 bridgehead atoms. The Morgan fingerprint density at radius 2 is 1.80 bits per heavy atom. The normalized spacial score (nSPS) is 23.1. The number of aliphatic carboxylic acids is 1. The van der Waals surface area contributed by atoms with Crippen molar-refractivity contribution in [3.8, 4) is 0 Å². The van der Waals surface area contributed by atoms with Gasteiger partial charge in [-0.2, -0.15) is 0 Å². The molecule has 1 amide bonds. The highest BCUT2D eigenvalue weighted by molar-refractivity contribution is 5.83. The van der Waals surface area contributed by atoms with Crippen molar-refractivity contribution in [3.63, 3.8) is 0 Å². The molecule has 1 saturated carbocycles. The molecular formula is C16H27NO3. The summed E-state index contributed by atoms with van der Waals surface area (Å²) >= 11 is 0. The molecule has 0 radical (unpaired) electrons. The molecule has 1 N–H and O–H groups in total. The van der Waals surface area contributed by atoms with Gasteiger partial charge in [0, 0.05) is 12.5 Å². The number of carboxylic acid groups (broad SMARTS) is 1. The zero-order chi connectivity index (χ0) is 15.3. The van der Waals surface area contributed by atoms with Crippen LogP contribution in [0.5, 0.6) is 0 Å². The summed E-state index contributed by atoms with van der Waals surface area (Å²) in [5.41, 5.74) is 0.288. The van der Waals surface area contributed by atoms with Gasteiger partial charge in [0.25, 0.3) is 0 Å². The lowest BCUT2D eigenvalue weighted by molar-refractivity contribution is -0.146. The summed E-state index contributed by atoms with van der Waals surface area (Å²) in [6.45, 7) is 10.4. The first kappa shape index (κ1) is 16.7. The summed E-state index contributed by atoms with van der Waals surface area (Å²) in [6, 6.07) is 0. The minimum absolute atomic E-state index is 0.0205. The number of carbonyl (C=O) groups excluding carboxylic acids is 1. The van der Waals surface area contributed by atoms with Gasteiger partial charge in [-0.1, -0.05) is 26.8 Å². The Morgan fingerprint density at radius 3 is 2.20 bits per heavy atom. The maximum absolute atomic E-state index is 12.4. The molecule has 0 unspecified atom stereocenters. The Hall–Kier alpha value is -1.32. The molecule has 0 aliphatic heterocycles. The molecular weight excluding hydrogens is 254 g/mol. The van der Waals surface area contributed by atoms with Crippen molar-refractivity contribution in [1.82, 2.24) is 4.90 Å². The van der Waals surface area contributed by atoms with E-state index in [9.17, 15) is 9.59 Å². The fraction of sp³-hybridized carbons (Fsp3) is 0.750. The SMILES string of the molecule is C=CCN(CC(=O)O)C(=O)C1CCC(C(C)(C)C)CC1. The van der Waals surface area contributed by atoms with Gasteiger partial charge in [0.1, 0.15) is 6.54 Å². The van der Waals surface area contributed by atoms with Gasteiger partial charge >= 0.3 is 5.97 Å². The molecule has 0 heterocycles. The summed E-state index contributed by atoms with van der Waals surface area (Å²) in [5, 5.41) is 8.88. The Balaban J connectivity index is 2.60. The zero-order valence-corrected chi connectivity index (χ0v) is 12.9. The molecule has 1 fully saturated rings. The lowest BCUT2D eigenvalue weighted by Crippen LogP contribution is -2.41. The summed E-state index contributed by atoms with van der Waals surface area (Å²) in [6.07, 6.45) is 5.42. The van der Waals surface area contributed by atoms with Crippen LogP contribution >= 0.6 is 0 Å². The van der Waals surface area contributed by atoms with Crippen LogP contribution in [0.2, 0.25) is 0 Å². The number of carbonyl (C=O) groups is 2. The summed E-state index contributed by atoms with van der Waals surface area (Å²) < 4.78 is 0. The monoisotopic (exact) mass is 281 g/mol. The van der Waals surface area contributed by atoms with Crippen LogP contribution in [0.4, 0.5) is 0 Å². The quantitative estimate of drug-likeness (QED) is 0.788. The second-order valence-electron chi connectivity index (χ2n) is 6.82. The molecule has 0 aromatic carbocycles. The molecule has 4 heteroatoms. The van der Waals surface area contributed by atoms with E-state index >= 15 is 0 Å². The lowest BCUT2D eigenvalue weighted by Gasteiger charge is -2.37. The largest absolute Gasteiger partial charge is 0.480 e. The van der Waals surface area contributed by atoms with Gasteiger partial charge in [-0.15, -0.1) is 6.58 Å². The number of hydrogen-bond donors (Lipinski definition) is 1. The van der Waals surface area contributed by atoms with Crippen molar-refractivity contribution in [2.45, 2.75) is 46.5 Å². The van der Waals surface area contributed by atoms with Gasteiger partial charge < -0.3 is 10.0 Å². The van der Waals surface area contributed by atoms with E-state index in [1.165, 1.54) is 4.90 Å². The number of amides is 1. The summed E-state index contributed by atoms with van der Waals surface area (Å²) in [5.74, 6) is -0.366. The van der Waals surface area contributed by atoms with E-state index in [2.05, 4.69) is 27.4 Å². The van der Waals surface area contributed by atoms with Crippen LogP contribution in [0.1, 0.15) is 46.5 Å². The third kappa shape index (κ3) is 4.66. The molecule has 1 aliphatic carbocycles. The molecule has 0 aromatic heterocycles. The predicted molar refractivity (Wildman–Crippen MR) is 79.3 cm³/mol. The van der Waals surface area contributed by atoms with Crippen molar-refractivity contribution < 1.29 is 14.7 Å². The minimum Gasteiger partial charge on any atom is -0.480 e. The Kier molecular flexibility index (Phi) is 5.78. The second-order valence-corrected chi connectivity index (χ2v) is 6.82. The number of carboxylic acids is 1. The van der Waals surface area contributed by atoms with Crippen LogP contribution in [0.15, 0.2) is 12.7 Å². The molecule has 0 spiro atoms. The lowest BCUT2D eigenvalue weighted by atomic mass is 9.69. The van der Waals surface area contributed by atoms with Gasteiger partial charge in [-0.3, -0.25) is 9.59 Å². The van der Waals surface area contributed by atoms with E-state index in [1.54, 1.807) is 6.08 Å². The van der Waals surface area contributed by atoms with Crippen LogP contribution in [0.25, 0.3) is 0 Å². The van der Waals surface area contributed by atoms with Gasteiger partial charge in [-0.05, 0) is 37.0 Å². The van der Waals surface area contributed by atoms with Crippen LogP contribution in [-0.4, -0.2) is 35.0 Å². The highest BCUT2D eigenvalue weighted by Gasteiger charge is 2.34. The fourth-order valence-corrected chi connectivity index (χ4v) is 3.02. The Labute approximate surface area is 121 Å². The highest BCUT2D eigenvalue weighted by Crippen LogP contribution is 2.40. The van der Waals surface area contributed by atoms with Gasteiger partial charge in [-0.25, -0.2) is 0 Å². The maximum atomic E-state index is 12.4. The van der Waals surface area contributed by atoms with Crippen molar-refractivity contribution in [2.24, 2.45) is 17.3 Å². The number of nitrogens with zero attached hydrogens (tertiary/aromatic N) is 1. The standard InChI is InChI=1S/C16H27NO3/c1-5-10-17(11-14(18)19)15(20)12-6-8-13(9-7-12)16(2,3)4/h5,12-13H,1,6-11H2,2-4H3,(H,18,19). The van der Waals surface area contributed by atoms with Crippen LogP contribution < -0.4 is 0 Å². The molecule has 0 aromatic rings. The van der Waals surface area contributed by atoms with E-state index < -0.39 is 5.97 Å². The van der Waals surface area contributed by atoms with Crippen molar-refractivity contribution in [1.29, 1.82) is 0 Å². The summed E-state index contributed by atoms with van der Waals surface area (Å²) in [4.78, 5) is 24.6. The molecule has 20 heavy (non-hydrogen) atoms. The van der Waals surface area contributed by atoms with E-state index in [-0.39, 0.29) is 23.8 Å². The van der Waals surface area contributed by atoms with Crippen LogP contribution in [0, 0.1) is 17.3 Å². The third-order valence-electron chi connectivity index (χ3n) is 4.29. The smallest absolute Gasteiger partial charge is 0.323 e. The Bertz CT molecular complexity index is 362. The zero-order valence-electron chi connectivity index (χ0n) is 12.9. The van der Waals surface area contributed by atoms with Crippen molar-refractivity contribution in [2.75, 3.05) is 13.1 Å². The van der Waals surface area contributed by atoms with E-state index in [0.29, 0.717) is 12.5 Å². The molecule has 1 rings (SSSR count). The van der Waals surface area contributed by atoms with E-state index in [1.807, 2.05) is 0 Å². The first-order valence-electron chi connectivity index (χ1n) is 7.37. The topological polar surface area (TPSA) is 57.6 Å². The molecule has 4 nitrogen and oxygen atoms in total. The molecule has 114 valence electrons. The number of rotatable bonds is 5. The molecule has 0 atom stereocenters. The highest BCUT2D eigenvalue weighted by atomic mass is 16.4. The van der Waals surface area contributed by atoms with E-state index in [0.717, 1.165) is 25.7 Å². The predicted octanol–water partition coefficient (Wildman–Crippen LogP) is 2.94. The first-order chi connectivity index (χ1) is 9.25. The van der Waals surface area contributed by atoms with Gasteiger partial charge in [0.15, 0.2) is 0 Å². The second kappa shape index (κ2) is 6.91. The van der Waals surface area contributed by atoms with Crippen LogP contribution in [0.3, 0.4) is 0 Å². The fourth-order valence-electron chi connectivity index (χ4n) is 3.02. The minimum atomic E-state index is -0.969. The molecule has 1 aliphatic rings. The van der Waals surface area contributed by atoms with Crippen molar-refractivity contribution >= 4 is 11.9 Å². The molecule has 0 saturated heterocycles. The summed E-state index contributed by atoms with van der Waals surface area (Å²) in [7, 11) is 0. The first-order valence-corrected chi connectivity index (χ1v) is 7.37. The van der Waals surface area contributed by atoms with Crippen LogP contribution in [-0.2, 0) is 9.59 Å². The average Bonchev–Trinajstić information content (AvgIpc) is 2.36. The van der Waals surface area contributed by atoms with Gasteiger partial charge in [0.2, 0.25) is 5.91 Å². The third-order valence-corrected chi connectivity index (χ3v) is 4.29. The van der Waals surface area contributed by atoms with Gasteiger partial charge in [0.05, 0.1) is 0 Å². The van der Waals surface area contributed by atoms with Crippen molar-refractivity contribution in [3.05, 3.63) is 12.7 Å². The van der Waals surface area contributed by atoms with E-state index in [4.69, 9.17) is 5.11 Å².